The van der Waals surface area contributed by atoms with E-state index in [-0.39, 0.29) is 12.4 Å². The number of benzene rings is 2. The van der Waals surface area contributed by atoms with Gasteiger partial charge in [0.05, 0.1) is 12.8 Å². The van der Waals surface area contributed by atoms with E-state index < -0.39 is 0 Å². The Morgan fingerprint density at radius 1 is 1.19 bits per heavy atom. The Bertz CT molecular complexity index is 832. The largest absolute Gasteiger partial charge is 0.496 e. The summed E-state index contributed by atoms with van der Waals surface area (Å²) in [5.41, 5.74) is 2.02. The molecule has 0 aliphatic rings. The number of ether oxygens (including phenoxy) is 1. The van der Waals surface area contributed by atoms with Crippen LogP contribution in [0.2, 0.25) is 5.02 Å². The molecule has 0 saturated carbocycles. The van der Waals surface area contributed by atoms with Crippen LogP contribution in [0.25, 0.3) is 5.69 Å². The molecule has 0 atom stereocenters. The maximum atomic E-state index is 6.05. The lowest BCUT2D eigenvalue weighted by Crippen LogP contribution is -2.16. The molecule has 6 nitrogen and oxygen atoms in total. The molecule has 1 aromatic heterocycles. The van der Waals surface area contributed by atoms with Crippen LogP contribution in [-0.4, -0.2) is 39.6 Å². The van der Waals surface area contributed by atoms with Crippen molar-refractivity contribution in [2.45, 2.75) is 18.1 Å². The van der Waals surface area contributed by atoms with Gasteiger partial charge in [-0.1, -0.05) is 41.6 Å². The Morgan fingerprint density at radius 3 is 2.78 bits per heavy atom. The third-order valence-electron chi connectivity index (χ3n) is 3.73. The lowest BCUT2D eigenvalue weighted by molar-refractivity contribution is 0.408. The van der Waals surface area contributed by atoms with Gasteiger partial charge in [0.1, 0.15) is 5.75 Å². The van der Waals surface area contributed by atoms with Gasteiger partial charge in [-0.2, -0.15) is 4.68 Å². The first kappa shape index (κ1) is 21.5. The first-order valence-electron chi connectivity index (χ1n) is 8.27. The van der Waals surface area contributed by atoms with Crippen molar-refractivity contribution < 1.29 is 4.74 Å². The zero-order valence-corrected chi connectivity index (χ0v) is 17.2. The van der Waals surface area contributed by atoms with Crippen molar-refractivity contribution in [3.05, 3.63) is 59.1 Å². The van der Waals surface area contributed by atoms with Crippen molar-refractivity contribution in [3.63, 3.8) is 0 Å². The summed E-state index contributed by atoms with van der Waals surface area (Å²) >= 11 is 7.70. The normalized spacial score (nSPS) is 10.4. The molecule has 0 bridgehead atoms. The lowest BCUT2D eigenvalue weighted by Gasteiger charge is -2.10. The van der Waals surface area contributed by atoms with E-state index >= 15 is 0 Å². The van der Waals surface area contributed by atoms with Gasteiger partial charge in [-0.3, -0.25) is 0 Å². The number of aromatic nitrogens is 4. The molecule has 1 N–H and O–H groups in total. The smallest absolute Gasteiger partial charge is 0.214 e. The summed E-state index contributed by atoms with van der Waals surface area (Å²) in [5.74, 6) is 1.77. The first-order valence-corrected chi connectivity index (χ1v) is 9.64. The summed E-state index contributed by atoms with van der Waals surface area (Å²) in [4.78, 5) is 0. The number of rotatable bonds is 9. The fourth-order valence-corrected chi connectivity index (χ4v) is 3.49. The monoisotopic (exact) mass is 425 g/mol. The van der Waals surface area contributed by atoms with Crippen LogP contribution in [0.1, 0.15) is 12.0 Å². The van der Waals surface area contributed by atoms with Gasteiger partial charge in [0.2, 0.25) is 5.16 Å². The molecule has 9 heteroatoms. The quantitative estimate of drug-likeness (QED) is 0.412. The van der Waals surface area contributed by atoms with Crippen LogP contribution in [0.15, 0.2) is 53.7 Å². The molecule has 0 unspecified atom stereocenters. The van der Waals surface area contributed by atoms with Crippen LogP contribution in [0.4, 0.5) is 0 Å². The molecular formula is C18H21Cl2N5OS. The van der Waals surface area contributed by atoms with Crippen LogP contribution in [-0.2, 0) is 6.54 Å². The van der Waals surface area contributed by atoms with Crippen LogP contribution >= 0.6 is 35.8 Å². The fourth-order valence-electron chi connectivity index (χ4n) is 2.47. The predicted octanol–water partition coefficient (Wildman–Crippen LogP) is 4.02. The van der Waals surface area contributed by atoms with Crippen molar-refractivity contribution in [2.75, 3.05) is 19.4 Å². The third kappa shape index (κ3) is 6.10. The third-order valence-corrected chi connectivity index (χ3v) is 4.97. The Morgan fingerprint density at radius 2 is 2.00 bits per heavy atom. The fraction of sp³-hybridized carbons (Fsp3) is 0.278. The molecule has 3 aromatic rings. The molecular weight excluding hydrogens is 405 g/mol. The molecule has 0 spiro atoms. The van der Waals surface area contributed by atoms with Gasteiger partial charge >= 0.3 is 0 Å². The summed E-state index contributed by atoms with van der Waals surface area (Å²) in [5, 5.41) is 16.9. The average Bonchev–Trinajstić information content (AvgIpc) is 3.14. The van der Waals surface area contributed by atoms with Gasteiger partial charge in [0, 0.05) is 22.9 Å². The Hall–Kier alpha value is -1.80. The van der Waals surface area contributed by atoms with Gasteiger partial charge in [0.15, 0.2) is 0 Å². The highest BCUT2D eigenvalue weighted by Crippen LogP contribution is 2.22. The number of tetrazole rings is 1. The molecule has 0 amide bonds. The minimum Gasteiger partial charge on any atom is -0.496 e. The van der Waals surface area contributed by atoms with E-state index in [2.05, 4.69) is 20.8 Å². The topological polar surface area (TPSA) is 64.9 Å². The SMILES string of the molecule is COc1ccc(Cl)cc1CNCCCSc1nnnn1-c1ccccc1.Cl. The molecule has 0 radical (unpaired) electrons. The van der Waals surface area contributed by atoms with E-state index in [1.54, 1.807) is 23.6 Å². The van der Waals surface area contributed by atoms with E-state index in [0.29, 0.717) is 5.02 Å². The molecule has 27 heavy (non-hydrogen) atoms. The van der Waals surface area contributed by atoms with Crippen LogP contribution < -0.4 is 10.1 Å². The Labute approximate surface area is 174 Å². The van der Waals surface area contributed by atoms with Crippen molar-refractivity contribution in [1.82, 2.24) is 25.5 Å². The number of nitrogens with one attached hydrogen (secondary N) is 1. The van der Waals surface area contributed by atoms with Crippen molar-refractivity contribution in [2.24, 2.45) is 0 Å². The van der Waals surface area contributed by atoms with E-state index in [1.165, 1.54) is 0 Å². The summed E-state index contributed by atoms with van der Waals surface area (Å²) in [6.45, 7) is 1.60. The van der Waals surface area contributed by atoms with E-state index in [9.17, 15) is 0 Å². The minimum absolute atomic E-state index is 0. The highest BCUT2D eigenvalue weighted by Gasteiger charge is 2.08. The van der Waals surface area contributed by atoms with Crippen LogP contribution in [0.3, 0.4) is 0 Å². The van der Waals surface area contributed by atoms with E-state index in [1.807, 2.05) is 48.5 Å². The highest BCUT2D eigenvalue weighted by atomic mass is 35.5. The van der Waals surface area contributed by atoms with Gasteiger partial charge in [-0.05, 0) is 53.7 Å². The maximum absolute atomic E-state index is 6.05. The molecule has 1 heterocycles. The second-order valence-corrected chi connectivity index (χ2v) is 7.04. The Balaban J connectivity index is 0.00000261. The summed E-state index contributed by atoms with van der Waals surface area (Å²) in [6, 6.07) is 15.5. The van der Waals surface area contributed by atoms with E-state index in [0.717, 1.165) is 47.4 Å². The summed E-state index contributed by atoms with van der Waals surface area (Å²) < 4.78 is 7.11. The number of para-hydroxylation sites is 1. The standard InChI is InChI=1S/C18H20ClN5OS.ClH/c1-25-17-9-8-15(19)12-14(17)13-20-10-5-11-26-18-21-22-23-24(18)16-6-3-2-4-7-16;/h2-4,6-9,12,20H,5,10-11,13H2,1H3;1H. The van der Waals surface area contributed by atoms with Crippen molar-refractivity contribution in [1.29, 1.82) is 0 Å². The second-order valence-electron chi connectivity index (χ2n) is 5.54. The predicted molar refractivity (Wildman–Crippen MR) is 111 cm³/mol. The Kier molecular flexibility index (Phi) is 8.87. The van der Waals surface area contributed by atoms with Crippen molar-refractivity contribution >= 4 is 35.8 Å². The average molecular weight is 426 g/mol. The zero-order chi connectivity index (χ0) is 18.2. The molecule has 0 aliphatic carbocycles. The highest BCUT2D eigenvalue weighted by molar-refractivity contribution is 7.99. The first-order chi connectivity index (χ1) is 12.8. The van der Waals surface area contributed by atoms with Crippen molar-refractivity contribution in [3.8, 4) is 11.4 Å². The number of nitrogens with zero attached hydrogens (tertiary/aromatic N) is 4. The number of methoxy groups -OCH3 is 1. The number of hydrogen-bond donors (Lipinski definition) is 1. The summed E-state index contributed by atoms with van der Waals surface area (Å²) in [6.07, 6.45) is 0.995. The second kappa shape index (κ2) is 11.1. The number of hydrogen-bond acceptors (Lipinski definition) is 6. The maximum Gasteiger partial charge on any atom is 0.214 e. The summed E-state index contributed by atoms with van der Waals surface area (Å²) in [7, 11) is 1.67. The number of halogens is 2. The van der Waals surface area contributed by atoms with Crippen LogP contribution in [0, 0.1) is 0 Å². The van der Waals surface area contributed by atoms with E-state index in [4.69, 9.17) is 16.3 Å². The molecule has 0 saturated heterocycles. The van der Waals surface area contributed by atoms with Gasteiger partial charge in [-0.25, -0.2) is 0 Å². The molecule has 0 aliphatic heterocycles. The lowest BCUT2D eigenvalue weighted by atomic mass is 10.2. The number of thioether (sulfide) groups is 1. The molecule has 0 fully saturated rings. The van der Waals surface area contributed by atoms with Gasteiger partial charge in [0.25, 0.3) is 0 Å². The molecule has 2 aromatic carbocycles. The van der Waals surface area contributed by atoms with Gasteiger partial charge in [-0.15, -0.1) is 17.5 Å². The van der Waals surface area contributed by atoms with Crippen LogP contribution in [0.5, 0.6) is 5.75 Å². The zero-order valence-electron chi connectivity index (χ0n) is 14.8. The molecule has 3 rings (SSSR count). The minimum atomic E-state index is 0. The molecule has 144 valence electrons. The van der Waals surface area contributed by atoms with Gasteiger partial charge < -0.3 is 10.1 Å².